The van der Waals surface area contributed by atoms with Crippen LogP contribution in [-0.2, 0) is 6.54 Å². The molecule has 1 aromatic heterocycles. The Balaban J connectivity index is 2.30. The molecule has 0 amide bonds. The predicted octanol–water partition coefficient (Wildman–Crippen LogP) is 2.21. The van der Waals surface area contributed by atoms with E-state index in [1.54, 1.807) is 16.8 Å². The predicted molar refractivity (Wildman–Crippen MR) is 67.5 cm³/mol. The van der Waals surface area contributed by atoms with E-state index in [2.05, 4.69) is 0 Å². The fraction of sp³-hybridized carbons (Fsp3) is 0.214. The van der Waals surface area contributed by atoms with Crippen molar-refractivity contribution in [2.45, 2.75) is 13.5 Å². The normalized spacial score (nSPS) is 10.2. The monoisotopic (exact) mass is 229 g/mol. The first-order valence-corrected chi connectivity index (χ1v) is 5.49. The molecule has 17 heavy (non-hydrogen) atoms. The number of aromatic nitrogens is 1. The van der Waals surface area contributed by atoms with Gasteiger partial charge in [0.2, 0.25) is 0 Å². The fourth-order valence-corrected chi connectivity index (χ4v) is 1.68. The molecule has 0 saturated carbocycles. The number of hydrogen-bond acceptors (Lipinski definition) is 2. The highest BCUT2D eigenvalue weighted by atomic mass is 16.5. The van der Waals surface area contributed by atoms with Gasteiger partial charge in [0.25, 0.3) is 5.56 Å². The smallest absolute Gasteiger partial charge is 0.293 e. The zero-order chi connectivity index (χ0) is 12.3. The van der Waals surface area contributed by atoms with E-state index in [4.69, 9.17) is 4.74 Å². The lowest BCUT2D eigenvalue weighted by molar-refractivity contribution is 0.403. The van der Waals surface area contributed by atoms with Crippen molar-refractivity contribution in [3.63, 3.8) is 0 Å². The zero-order valence-electron chi connectivity index (χ0n) is 10.0. The molecule has 0 unspecified atom stereocenters. The van der Waals surface area contributed by atoms with Crippen molar-refractivity contribution in [1.82, 2.24) is 4.57 Å². The van der Waals surface area contributed by atoms with Crippen LogP contribution in [0.4, 0.5) is 0 Å². The Morgan fingerprint density at radius 1 is 1.18 bits per heavy atom. The second kappa shape index (κ2) is 4.87. The van der Waals surface area contributed by atoms with Crippen LogP contribution in [0.2, 0.25) is 0 Å². The SMILES string of the molecule is COc1cccn(Cc2ccc(C)cc2)c1=O. The molecule has 0 bridgehead atoms. The first-order valence-electron chi connectivity index (χ1n) is 5.49. The number of hydrogen-bond donors (Lipinski definition) is 0. The van der Waals surface area contributed by atoms with Crippen molar-refractivity contribution in [3.05, 3.63) is 64.1 Å². The Morgan fingerprint density at radius 3 is 2.53 bits per heavy atom. The summed E-state index contributed by atoms with van der Waals surface area (Å²) in [4.78, 5) is 11.9. The van der Waals surface area contributed by atoms with E-state index in [1.807, 2.05) is 37.3 Å². The number of ether oxygens (including phenoxy) is 1. The summed E-state index contributed by atoms with van der Waals surface area (Å²) in [5.41, 5.74) is 2.22. The maximum absolute atomic E-state index is 11.9. The first kappa shape index (κ1) is 11.5. The van der Waals surface area contributed by atoms with Crippen LogP contribution in [0.3, 0.4) is 0 Å². The molecule has 0 saturated heterocycles. The number of nitrogens with zero attached hydrogens (tertiary/aromatic N) is 1. The molecule has 2 aromatic rings. The number of pyridine rings is 1. The van der Waals surface area contributed by atoms with Crippen LogP contribution in [0.1, 0.15) is 11.1 Å². The summed E-state index contributed by atoms with van der Waals surface area (Å²) in [6.45, 7) is 2.61. The molecule has 1 heterocycles. The molecule has 0 aliphatic carbocycles. The number of methoxy groups -OCH3 is 1. The van der Waals surface area contributed by atoms with Gasteiger partial charge < -0.3 is 9.30 Å². The molecule has 1 aromatic carbocycles. The lowest BCUT2D eigenvalue weighted by Crippen LogP contribution is -2.20. The maximum Gasteiger partial charge on any atom is 0.293 e. The summed E-state index contributed by atoms with van der Waals surface area (Å²) in [5.74, 6) is 0.375. The number of aryl methyl sites for hydroxylation is 1. The molecule has 88 valence electrons. The second-order valence-electron chi connectivity index (χ2n) is 4.00. The van der Waals surface area contributed by atoms with Crippen LogP contribution < -0.4 is 10.3 Å². The molecule has 0 radical (unpaired) electrons. The fourth-order valence-electron chi connectivity index (χ4n) is 1.68. The van der Waals surface area contributed by atoms with E-state index < -0.39 is 0 Å². The van der Waals surface area contributed by atoms with E-state index >= 15 is 0 Å². The van der Waals surface area contributed by atoms with Crippen LogP contribution >= 0.6 is 0 Å². The maximum atomic E-state index is 11.9. The van der Waals surface area contributed by atoms with Gasteiger partial charge in [-0.1, -0.05) is 29.8 Å². The average molecular weight is 229 g/mol. The second-order valence-corrected chi connectivity index (χ2v) is 4.00. The molecule has 0 N–H and O–H groups in total. The molecule has 0 spiro atoms. The minimum Gasteiger partial charge on any atom is -0.491 e. The van der Waals surface area contributed by atoms with Crippen molar-refractivity contribution in [3.8, 4) is 5.75 Å². The summed E-state index contributed by atoms with van der Waals surface area (Å²) in [6.07, 6.45) is 1.77. The number of benzene rings is 1. The summed E-state index contributed by atoms with van der Waals surface area (Å²) < 4.78 is 6.65. The van der Waals surface area contributed by atoms with E-state index in [-0.39, 0.29) is 5.56 Å². The average Bonchev–Trinajstić information content (AvgIpc) is 2.35. The third kappa shape index (κ3) is 2.56. The van der Waals surface area contributed by atoms with E-state index in [0.717, 1.165) is 5.56 Å². The zero-order valence-corrected chi connectivity index (χ0v) is 10.0. The topological polar surface area (TPSA) is 31.2 Å². The number of rotatable bonds is 3. The quantitative estimate of drug-likeness (QED) is 0.808. The minimum absolute atomic E-state index is 0.101. The summed E-state index contributed by atoms with van der Waals surface area (Å²) in [6, 6.07) is 11.6. The van der Waals surface area contributed by atoms with E-state index in [9.17, 15) is 4.79 Å². The Kier molecular flexibility index (Phi) is 3.28. The van der Waals surface area contributed by atoms with Gasteiger partial charge >= 0.3 is 0 Å². The Morgan fingerprint density at radius 2 is 1.88 bits per heavy atom. The van der Waals surface area contributed by atoms with Crippen molar-refractivity contribution in [2.24, 2.45) is 0 Å². The largest absolute Gasteiger partial charge is 0.491 e. The summed E-state index contributed by atoms with van der Waals surface area (Å²) >= 11 is 0. The van der Waals surface area contributed by atoms with Crippen molar-refractivity contribution in [1.29, 1.82) is 0 Å². The highest BCUT2D eigenvalue weighted by Crippen LogP contribution is 2.06. The molecule has 0 aliphatic rings. The molecular weight excluding hydrogens is 214 g/mol. The van der Waals surface area contributed by atoms with Gasteiger partial charge in [0, 0.05) is 6.20 Å². The Labute approximate surface area is 100 Å². The van der Waals surface area contributed by atoms with Gasteiger partial charge in [-0.25, -0.2) is 0 Å². The highest BCUT2D eigenvalue weighted by molar-refractivity contribution is 5.23. The van der Waals surface area contributed by atoms with E-state index in [1.165, 1.54) is 12.7 Å². The minimum atomic E-state index is -0.101. The van der Waals surface area contributed by atoms with Crippen LogP contribution in [0.25, 0.3) is 0 Å². The van der Waals surface area contributed by atoms with Gasteiger partial charge in [0.1, 0.15) is 0 Å². The summed E-state index contributed by atoms with van der Waals surface area (Å²) in [5, 5.41) is 0. The van der Waals surface area contributed by atoms with Gasteiger partial charge in [0.05, 0.1) is 13.7 Å². The van der Waals surface area contributed by atoms with Gasteiger partial charge in [-0.05, 0) is 24.6 Å². The lowest BCUT2D eigenvalue weighted by atomic mass is 10.1. The molecule has 2 rings (SSSR count). The van der Waals surface area contributed by atoms with E-state index in [0.29, 0.717) is 12.3 Å². The van der Waals surface area contributed by atoms with Crippen LogP contribution in [-0.4, -0.2) is 11.7 Å². The Bertz CT molecular complexity index is 555. The van der Waals surface area contributed by atoms with Crippen LogP contribution in [0.15, 0.2) is 47.4 Å². The van der Waals surface area contributed by atoms with Gasteiger partial charge in [-0.2, -0.15) is 0 Å². The Hall–Kier alpha value is -2.03. The van der Waals surface area contributed by atoms with Gasteiger partial charge in [-0.3, -0.25) is 4.79 Å². The van der Waals surface area contributed by atoms with Gasteiger partial charge in [-0.15, -0.1) is 0 Å². The summed E-state index contributed by atoms with van der Waals surface area (Å²) in [7, 11) is 1.51. The van der Waals surface area contributed by atoms with Crippen molar-refractivity contribution < 1.29 is 4.74 Å². The molecule has 0 atom stereocenters. The van der Waals surface area contributed by atoms with Crippen molar-refractivity contribution in [2.75, 3.05) is 7.11 Å². The van der Waals surface area contributed by atoms with Crippen LogP contribution in [0.5, 0.6) is 5.75 Å². The third-order valence-corrected chi connectivity index (χ3v) is 2.68. The van der Waals surface area contributed by atoms with Crippen LogP contribution in [0, 0.1) is 6.92 Å². The van der Waals surface area contributed by atoms with Crippen molar-refractivity contribution >= 4 is 0 Å². The molecule has 0 fully saturated rings. The van der Waals surface area contributed by atoms with Gasteiger partial charge in [0.15, 0.2) is 5.75 Å². The molecule has 0 aliphatic heterocycles. The molecule has 3 heteroatoms. The third-order valence-electron chi connectivity index (χ3n) is 2.68. The molecule has 3 nitrogen and oxygen atoms in total. The standard InChI is InChI=1S/C14H15NO2/c1-11-5-7-12(8-6-11)10-15-9-3-4-13(17-2)14(15)16/h3-9H,10H2,1-2H3. The highest BCUT2D eigenvalue weighted by Gasteiger charge is 2.03. The lowest BCUT2D eigenvalue weighted by Gasteiger charge is -2.07. The molecular formula is C14H15NO2. The first-order chi connectivity index (χ1) is 8.20.